The number of ether oxygens (including phenoxy) is 2. The Bertz CT molecular complexity index is 636. The average Bonchev–Trinajstić information content (AvgIpc) is 2.94. The van der Waals surface area contributed by atoms with E-state index in [0.717, 1.165) is 38.6 Å². The van der Waals surface area contributed by atoms with E-state index in [1.54, 1.807) is 7.11 Å². The SMILES string of the molecule is CCOCC1CN(Cc2ccc(OC)cc2)Cc2cnn(C)c21. The molecule has 0 saturated heterocycles. The van der Waals surface area contributed by atoms with E-state index in [2.05, 4.69) is 22.1 Å². The van der Waals surface area contributed by atoms with Gasteiger partial charge in [-0.15, -0.1) is 0 Å². The smallest absolute Gasteiger partial charge is 0.118 e. The third-order valence-corrected chi connectivity index (χ3v) is 4.41. The molecule has 1 unspecified atom stereocenters. The normalized spacial score (nSPS) is 18.0. The molecule has 124 valence electrons. The van der Waals surface area contributed by atoms with Gasteiger partial charge in [0.25, 0.3) is 0 Å². The number of benzene rings is 1. The molecule has 1 aliphatic heterocycles. The molecule has 1 aliphatic rings. The lowest BCUT2D eigenvalue weighted by molar-refractivity contribution is 0.102. The Morgan fingerprint density at radius 3 is 2.74 bits per heavy atom. The third kappa shape index (κ3) is 3.57. The molecule has 5 heteroatoms. The summed E-state index contributed by atoms with van der Waals surface area (Å²) in [5.74, 6) is 1.28. The Morgan fingerprint density at radius 2 is 2.04 bits per heavy atom. The van der Waals surface area contributed by atoms with Crippen LogP contribution in [0.4, 0.5) is 0 Å². The molecule has 0 saturated carbocycles. The van der Waals surface area contributed by atoms with Crippen LogP contribution in [0.15, 0.2) is 30.5 Å². The quantitative estimate of drug-likeness (QED) is 0.821. The van der Waals surface area contributed by atoms with Crippen LogP contribution >= 0.6 is 0 Å². The standard InChI is InChI=1S/C18H25N3O2/c1-4-23-13-16-12-21(11-15-9-19-20(2)18(15)16)10-14-5-7-17(22-3)8-6-14/h5-9,16H,4,10-13H2,1-3H3. The predicted octanol–water partition coefficient (Wildman–Crippen LogP) is 2.56. The summed E-state index contributed by atoms with van der Waals surface area (Å²) in [6, 6.07) is 8.31. The van der Waals surface area contributed by atoms with Gasteiger partial charge in [-0.1, -0.05) is 12.1 Å². The van der Waals surface area contributed by atoms with Crippen molar-refractivity contribution in [3.8, 4) is 5.75 Å². The number of hydrogen-bond donors (Lipinski definition) is 0. The van der Waals surface area contributed by atoms with E-state index in [4.69, 9.17) is 9.47 Å². The number of aromatic nitrogens is 2. The maximum absolute atomic E-state index is 5.70. The molecule has 5 nitrogen and oxygen atoms in total. The van der Waals surface area contributed by atoms with Gasteiger partial charge in [0, 0.05) is 50.5 Å². The van der Waals surface area contributed by atoms with Crippen LogP contribution in [0, 0.1) is 0 Å². The Hall–Kier alpha value is -1.85. The fraction of sp³-hybridized carbons (Fsp3) is 0.500. The highest BCUT2D eigenvalue weighted by atomic mass is 16.5. The molecule has 3 rings (SSSR count). The van der Waals surface area contributed by atoms with E-state index in [0.29, 0.717) is 5.92 Å². The minimum absolute atomic E-state index is 0.379. The van der Waals surface area contributed by atoms with Crippen molar-refractivity contribution in [1.82, 2.24) is 14.7 Å². The monoisotopic (exact) mass is 315 g/mol. The van der Waals surface area contributed by atoms with Crippen LogP contribution in [0.1, 0.15) is 29.7 Å². The van der Waals surface area contributed by atoms with E-state index in [1.165, 1.54) is 16.8 Å². The zero-order valence-electron chi connectivity index (χ0n) is 14.2. The maximum atomic E-state index is 5.70. The van der Waals surface area contributed by atoms with Crippen molar-refractivity contribution < 1.29 is 9.47 Å². The van der Waals surface area contributed by atoms with Gasteiger partial charge in [-0.3, -0.25) is 9.58 Å². The molecule has 23 heavy (non-hydrogen) atoms. The number of aryl methyl sites for hydroxylation is 1. The molecule has 1 aromatic carbocycles. The van der Waals surface area contributed by atoms with Crippen molar-refractivity contribution in [2.75, 3.05) is 26.9 Å². The fourth-order valence-electron chi connectivity index (χ4n) is 3.35. The Morgan fingerprint density at radius 1 is 1.26 bits per heavy atom. The van der Waals surface area contributed by atoms with Gasteiger partial charge in [-0.2, -0.15) is 5.10 Å². The lowest BCUT2D eigenvalue weighted by atomic mass is 9.96. The second kappa shape index (κ2) is 7.15. The highest BCUT2D eigenvalue weighted by Crippen LogP contribution is 2.29. The van der Waals surface area contributed by atoms with Gasteiger partial charge in [-0.05, 0) is 24.6 Å². The van der Waals surface area contributed by atoms with Crippen molar-refractivity contribution in [2.45, 2.75) is 25.9 Å². The summed E-state index contributed by atoms with van der Waals surface area (Å²) in [6.07, 6.45) is 1.99. The fourth-order valence-corrected chi connectivity index (χ4v) is 3.35. The first-order chi connectivity index (χ1) is 11.2. The minimum Gasteiger partial charge on any atom is -0.497 e. The van der Waals surface area contributed by atoms with Gasteiger partial charge in [-0.25, -0.2) is 0 Å². The summed E-state index contributed by atoms with van der Waals surface area (Å²) < 4.78 is 12.9. The predicted molar refractivity (Wildman–Crippen MR) is 89.6 cm³/mol. The Kier molecular flexibility index (Phi) is 4.98. The molecule has 1 atom stereocenters. The van der Waals surface area contributed by atoms with Crippen LogP contribution in [0.3, 0.4) is 0 Å². The van der Waals surface area contributed by atoms with Gasteiger partial charge in [0.1, 0.15) is 5.75 Å². The highest BCUT2D eigenvalue weighted by molar-refractivity contribution is 5.29. The topological polar surface area (TPSA) is 39.5 Å². The maximum Gasteiger partial charge on any atom is 0.118 e. The molecule has 0 fully saturated rings. The zero-order valence-corrected chi connectivity index (χ0v) is 14.2. The molecule has 2 heterocycles. The highest BCUT2D eigenvalue weighted by Gasteiger charge is 2.28. The summed E-state index contributed by atoms with van der Waals surface area (Å²) in [5, 5.41) is 4.44. The summed E-state index contributed by atoms with van der Waals surface area (Å²) in [6.45, 7) is 6.42. The Labute approximate surface area is 137 Å². The molecule has 2 aromatic rings. The summed E-state index contributed by atoms with van der Waals surface area (Å²) >= 11 is 0. The minimum atomic E-state index is 0.379. The first-order valence-corrected chi connectivity index (χ1v) is 8.15. The summed E-state index contributed by atoms with van der Waals surface area (Å²) in [5.41, 5.74) is 3.94. The second-order valence-corrected chi connectivity index (χ2v) is 6.05. The molecule has 1 aromatic heterocycles. The average molecular weight is 315 g/mol. The van der Waals surface area contributed by atoms with Gasteiger partial charge >= 0.3 is 0 Å². The molecular formula is C18H25N3O2. The van der Waals surface area contributed by atoms with Crippen molar-refractivity contribution in [3.63, 3.8) is 0 Å². The van der Waals surface area contributed by atoms with Crippen molar-refractivity contribution in [3.05, 3.63) is 47.3 Å². The van der Waals surface area contributed by atoms with E-state index >= 15 is 0 Å². The Balaban J connectivity index is 1.73. The van der Waals surface area contributed by atoms with Gasteiger partial charge in [0.05, 0.1) is 19.9 Å². The summed E-state index contributed by atoms with van der Waals surface area (Å²) in [7, 11) is 3.72. The van der Waals surface area contributed by atoms with Gasteiger partial charge in [0.15, 0.2) is 0 Å². The van der Waals surface area contributed by atoms with E-state index in [-0.39, 0.29) is 0 Å². The number of rotatable bonds is 6. The van der Waals surface area contributed by atoms with Crippen LogP contribution in [0.2, 0.25) is 0 Å². The molecule has 0 bridgehead atoms. The lowest BCUT2D eigenvalue weighted by Gasteiger charge is -2.33. The van der Waals surface area contributed by atoms with Crippen LogP contribution in [-0.2, 0) is 24.9 Å². The van der Waals surface area contributed by atoms with Crippen molar-refractivity contribution in [1.29, 1.82) is 0 Å². The lowest BCUT2D eigenvalue weighted by Crippen LogP contribution is -2.35. The van der Waals surface area contributed by atoms with Crippen molar-refractivity contribution >= 4 is 0 Å². The number of fused-ring (bicyclic) bond motifs is 1. The number of methoxy groups -OCH3 is 1. The zero-order chi connectivity index (χ0) is 16.2. The van der Waals surface area contributed by atoms with Gasteiger partial charge in [0.2, 0.25) is 0 Å². The van der Waals surface area contributed by atoms with Crippen LogP contribution < -0.4 is 4.74 Å². The number of hydrogen-bond acceptors (Lipinski definition) is 4. The van der Waals surface area contributed by atoms with Crippen LogP contribution in [0.25, 0.3) is 0 Å². The van der Waals surface area contributed by atoms with E-state index < -0.39 is 0 Å². The number of nitrogens with zero attached hydrogens (tertiary/aromatic N) is 3. The molecule has 0 aliphatic carbocycles. The molecular weight excluding hydrogens is 290 g/mol. The van der Waals surface area contributed by atoms with Gasteiger partial charge < -0.3 is 9.47 Å². The first-order valence-electron chi connectivity index (χ1n) is 8.15. The van der Waals surface area contributed by atoms with Crippen LogP contribution in [0.5, 0.6) is 5.75 Å². The molecule has 0 spiro atoms. The molecule has 0 N–H and O–H groups in total. The molecule has 0 radical (unpaired) electrons. The third-order valence-electron chi connectivity index (χ3n) is 4.41. The first kappa shape index (κ1) is 16.0. The van der Waals surface area contributed by atoms with E-state index in [1.807, 2.05) is 37.0 Å². The summed E-state index contributed by atoms with van der Waals surface area (Å²) in [4.78, 5) is 2.47. The van der Waals surface area contributed by atoms with Crippen LogP contribution in [-0.4, -0.2) is 41.5 Å². The van der Waals surface area contributed by atoms with Crippen molar-refractivity contribution in [2.24, 2.45) is 7.05 Å². The largest absolute Gasteiger partial charge is 0.497 e. The van der Waals surface area contributed by atoms with E-state index in [9.17, 15) is 0 Å². The molecule has 0 amide bonds. The second-order valence-electron chi connectivity index (χ2n) is 6.05.